The molecule has 2 aromatic carbocycles. The van der Waals surface area contributed by atoms with E-state index >= 15 is 0 Å². The van der Waals surface area contributed by atoms with Crippen LogP contribution in [0.25, 0.3) is 10.9 Å². The van der Waals surface area contributed by atoms with Crippen molar-refractivity contribution in [3.63, 3.8) is 0 Å². The number of aromatic nitrogens is 1. The molecule has 1 amide bonds. The molecule has 1 N–H and O–H groups in total. The van der Waals surface area contributed by atoms with Crippen molar-refractivity contribution in [3.05, 3.63) is 65.9 Å². The van der Waals surface area contributed by atoms with E-state index < -0.39 is 0 Å². The van der Waals surface area contributed by atoms with E-state index in [-0.39, 0.29) is 17.7 Å². The van der Waals surface area contributed by atoms with Gasteiger partial charge in [0.1, 0.15) is 5.88 Å². The maximum atomic E-state index is 12.1. The first-order valence-corrected chi connectivity index (χ1v) is 7.84. The minimum atomic E-state index is -0.0449. The van der Waals surface area contributed by atoms with Gasteiger partial charge < -0.3 is 9.88 Å². The minimum absolute atomic E-state index is 0.00887. The summed E-state index contributed by atoms with van der Waals surface area (Å²) in [6.07, 6.45) is 2.06. The molecule has 1 aliphatic rings. The number of anilines is 1. The molecule has 0 bridgehead atoms. The van der Waals surface area contributed by atoms with Crippen LogP contribution in [0, 0.1) is 0 Å². The van der Waals surface area contributed by atoms with Crippen LogP contribution in [0.4, 0.5) is 5.69 Å². The first-order chi connectivity index (χ1) is 10.8. The number of para-hydroxylation sites is 2. The molecule has 110 valence electrons. The van der Waals surface area contributed by atoms with Gasteiger partial charge in [-0.25, -0.2) is 0 Å². The SMILES string of the molecule is O=C(CCl)N1C[C@H](c2c[nH]c3ccccc23)c2ccccc21. The minimum Gasteiger partial charge on any atom is -0.361 e. The Morgan fingerprint density at radius 3 is 2.77 bits per heavy atom. The van der Waals surface area contributed by atoms with Gasteiger partial charge in [-0.05, 0) is 23.3 Å². The first-order valence-electron chi connectivity index (χ1n) is 7.31. The molecule has 0 saturated carbocycles. The maximum Gasteiger partial charge on any atom is 0.241 e. The van der Waals surface area contributed by atoms with Crippen LogP contribution in [-0.2, 0) is 4.79 Å². The Morgan fingerprint density at radius 2 is 1.91 bits per heavy atom. The number of aromatic amines is 1. The number of fused-ring (bicyclic) bond motifs is 2. The van der Waals surface area contributed by atoms with E-state index in [2.05, 4.69) is 29.4 Å². The standard InChI is InChI=1S/C18H15ClN2O/c19-9-18(22)21-11-15(13-6-2-4-8-17(13)21)14-10-20-16-7-3-1-5-12(14)16/h1-8,10,15,20H,9,11H2/t15-/m0/s1. The molecule has 0 spiro atoms. The van der Waals surface area contributed by atoms with E-state index in [0.717, 1.165) is 11.2 Å². The zero-order chi connectivity index (χ0) is 15.1. The molecule has 1 atom stereocenters. The largest absolute Gasteiger partial charge is 0.361 e. The predicted octanol–water partition coefficient (Wildman–Crippen LogP) is 3.89. The van der Waals surface area contributed by atoms with Crippen molar-refractivity contribution in [2.75, 3.05) is 17.3 Å². The van der Waals surface area contributed by atoms with Crippen LogP contribution in [0.1, 0.15) is 17.0 Å². The van der Waals surface area contributed by atoms with Crippen molar-refractivity contribution < 1.29 is 4.79 Å². The molecule has 2 heterocycles. The highest BCUT2D eigenvalue weighted by Crippen LogP contribution is 2.42. The van der Waals surface area contributed by atoms with Crippen LogP contribution >= 0.6 is 11.6 Å². The second-order valence-electron chi connectivity index (χ2n) is 5.54. The van der Waals surface area contributed by atoms with E-state index in [0.29, 0.717) is 6.54 Å². The molecule has 0 aliphatic carbocycles. The Morgan fingerprint density at radius 1 is 1.14 bits per heavy atom. The summed E-state index contributed by atoms with van der Waals surface area (Å²) in [5.41, 5.74) is 4.51. The van der Waals surface area contributed by atoms with E-state index in [9.17, 15) is 4.79 Å². The lowest BCUT2D eigenvalue weighted by Gasteiger charge is -2.16. The molecule has 22 heavy (non-hydrogen) atoms. The molecular weight excluding hydrogens is 296 g/mol. The average Bonchev–Trinajstić information content (AvgIpc) is 3.15. The normalized spacial score (nSPS) is 17.0. The van der Waals surface area contributed by atoms with Gasteiger partial charge in [-0.3, -0.25) is 4.79 Å². The lowest BCUT2D eigenvalue weighted by molar-refractivity contribution is -0.116. The number of halogens is 1. The Bertz CT molecular complexity index is 855. The number of nitrogens with one attached hydrogen (secondary N) is 1. The van der Waals surface area contributed by atoms with Crippen molar-refractivity contribution in [2.45, 2.75) is 5.92 Å². The average molecular weight is 311 g/mol. The smallest absolute Gasteiger partial charge is 0.241 e. The van der Waals surface area contributed by atoms with Crippen molar-refractivity contribution in [1.82, 2.24) is 4.98 Å². The fraction of sp³-hybridized carbons (Fsp3) is 0.167. The van der Waals surface area contributed by atoms with Crippen molar-refractivity contribution in [2.24, 2.45) is 0 Å². The van der Waals surface area contributed by atoms with Crippen molar-refractivity contribution >= 4 is 34.1 Å². The number of hydrogen-bond donors (Lipinski definition) is 1. The number of benzene rings is 2. The lowest BCUT2D eigenvalue weighted by Crippen LogP contribution is -2.30. The zero-order valence-corrected chi connectivity index (χ0v) is 12.7. The first kappa shape index (κ1) is 13.4. The molecule has 0 radical (unpaired) electrons. The number of alkyl halides is 1. The summed E-state index contributed by atoms with van der Waals surface area (Å²) in [5, 5.41) is 1.21. The van der Waals surface area contributed by atoms with Gasteiger partial charge in [0, 0.05) is 35.2 Å². The van der Waals surface area contributed by atoms with Crippen LogP contribution in [0.5, 0.6) is 0 Å². The molecule has 1 aromatic heterocycles. The van der Waals surface area contributed by atoms with E-state index in [1.165, 1.54) is 16.5 Å². The van der Waals surface area contributed by atoms with Crippen LogP contribution in [0.2, 0.25) is 0 Å². The molecule has 3 nitrogen and oxygen atoms in total. The lowest BCUT2D eigenvalue weighted by atomic mass is 9.93. The van der Waals surface area contributed by atoms with Gasteiger partial charge in [0.05, 0.1) is 0 Å². The van der Waals surface area contributed by atoms with E-state index in [1.54, 1.807) is 4.90 Å². The van der Waals surface area contributed by atoms with Crippen LogP contribution in [-0.4, -0.2) is 23.3 Å². The number of amides is 1. The monoisotopic (exact) mass is 310 g/mol. The fourth-order valence-electron chi connectivity index (χ4n) is 3.36. The number of nitrogens with zero attached hydrogens (tertiary/aromatic N) is 1. The Labute approximate surface area is 133 Å². The molecule has 3 aromatic rings. The fourth-order valence-corrected chi connectivity index (χ4v) is 3.51. The quantitative estimate of drug-likeness (QED) is 0.716. The molecule has 4 heteroatoms. The summed E-state index contributed by atoms with van der Waals surface area (Å²) in [6.45, 7) is 0.646. The van der Waals surface area contributed by atoms with Crippen LogP contribution in [0.3, 0.4) is 0 Å². The Balaban J connectivity index is 1.85. The van der Waals surface area contributed by atoms with Gasteiger partial charge in [0.15, 0.2) is 0 Å². The molecule has 0 fully saturated rings. The van der Waals surface area contributed by atoms with Gasteiger partial charge in [0.2, 0.25) is 5.91 Å². The third kappa shape index (κ3) is 1.93. The van der Waals surface area contributed by atoms with Crippen molar-refractivity contribution in [3.8, 4) is 0 Å². The summed E-state index contributed by atoms with van der Waals surface area (Å²) >= 11 is 5.77. The van der Waals surface area contributed by atoms with E-state index in [1.807, 2.05) is 30.3 Å². The molecule has 4 rings (SSSR count). The topological polar surface area (TPSA) is 36.1 Å². The van der Waals surface area contributed by atoms with Gasteiger partial charge in [-0.15, -0.1) is 11.6 Å². The predicted molar refractivity (Wildman–Crippen MR) is 89.7 cm³/mol. The highest BCUT2D eigenvalue weighted by molar-refractivity contribution is 6.29. The third-order valence-electron chi connectivity index (χ3n) is 4.38. The van der Waals surface area contributed by atoms with Gasteiger partial charge >= 0.3 is 0 Å². The summed E-state index contributed by atoms with van der Waals surface area (Å²) in [6, 6.07) is 16.3. The van der Waals surface area contributed by atoms with Gasteiger partial charge in [-0.1, -0.05) is 36.4 Å². The number of carbonyl (C=O) groups is 1. The molecular formula is C18H15ClN2O. The van der Waals surface area contributed by atoms with E-state index in [4.69, 9.17) is 11.6 Å². The number of hydrogen-bond acceptors (Lipinski definition) is 1. The zero-order valence-electron chi connectivity index (χ0n) is 11.9. The van der Waals surface area contributed by atoms with Crippen LogP contribution in [0.15, 0.2) is 54.7 Å². The highest BCUT2D eigenvalue weighted by atomic mass is 35.5. The van der Waals surface area contributed by atoms with Crippen LogP contribution < -0.4 is 4.90 Å². The Kier molecular flexibility index (Phi) is 3.16. The number of rotatable bonds is 2. The summed E-state index contributed by atoms with van der Waals surface area (Å²) < 4.78 is 0. The highest BCUT2D eigenvalue weighted by Gasteiger charge is 2.33. The Hall–Kier alpha value is -2.26. The summed E-state index contributed by atoms with van der Waals surface area (Å²) in [5.74, 6) is 0.144. The summed E-state index contributed by atoms with van der Waals surface area (Å²) in [7, 11) is 0. The number of carbonyl (C=O) groups excluding carboxylic acids is 1. The molecule has 0 unspecified atom stereocenters. The van der Waals surface area contributed by atoms with Gasteiger partial charge in [0.25, 0.3) is 0 Å². The second-order valence-corrected chi connectivity index (χ2v) is 5.81. The molecule has 1 aliphatic heterocycles. The van der Waals surface area contributed by atoms with Crippen molar-refractivity contribution in [1.29, 1.82) is 0 Å². The van der Waals surface area contributed by atoms with Gasteiger partial charge in [-0.2, -0.15) is 0 Å². The number of H-pyrrole nitrogens is 1. The summed E-state index contributed by atoms with van der Waals surface area (Å²) in [4.78, 5) is 17.3. The molecule has 0 saturated heterocycles. The maximum absolute atomic E-state index is 12.1. The third-order valence-corrected chi connectivity index (χ3v) is 4.61. The second kappa shape index (κ2) is 5.18.